The Hall–Kier alpha value is -0.570. The first-order valence-corrected chi connectivity index (χ1v) is 5.71. The average molecular weight is 217 g/mol. The number of hydrogen-bond donors (Lipinski definition) is 2. The van der Waals surface area contributed by atoms with E-state index in [-0.39, 0.29) is 12.3 Å². The molecular weight excluding hydrogens is 190 g/mol. The minimum atomic E-state index is -0.749. The van der Waals surface area contributed by atoms with Crippen LogP contribution in [0.1, 0.15) is 47.5 Å². The lowest BCUT2D eigenvalue weighted by Gasteiger charge is -2.13. The standard InChI is InChI=1S/C8H17NO2.C4H10/c1-6(2)3-7(5-9)4-8(10)11;1-4(2)3/h6-7H,3-5,9H2,1-2H3,(H,10,11);4H,1-3H3. The second-order valence-corrected chi connectivity index (χ2v) is 5.06. The number of nitrogens with two attached hydrogens (primary N) is 1. The molecule has 0 amide bonds. The Balaban J connectivity index is 0. The molecule has 0 saturated carbocycles. The van der Waals surface area contributed by atoms with E-state index in [1.807, 2.05) is 0 Å². The molecule has 0 saturated heterocycles. The Morgan fingerprint density at radius 3 is 1.80 bits per heavy atom. The lowest BCUT2D eigenvalue weighted by Crippen LogP contribution is -2.19. The molecule has 0 heterocycles. The van der Waals surface area contributed by atoms with Crippen LogP contribution in [0.15, 0.2) is 0 Å². The van der Waals surface area contributed by atoms with Gasteiger partial charge in [0.05, 0.1) is 0 Å². The second-order valence-electron chi connectivity index (χ2n) is 5.06. The number of carboxylic acid groups (broad SMARTS) is 1. The van der Waals surface area contributed by atoms with Crippen LogP contribution in [-0.2, 0) is 4.79 Å². The first kappa shape index (κ1) is 16.8. The first-order valence-electron chi connectivity index (χ1n) is 5.71. The minimum Gasteiger partial charge on any atom is -0.481 e. The SMILES string of the molecule is CC(C)C.CC(C)CC(CN)CC(=O)O. The third-order valence-electron chi connectivity index (χ3n) is 1.60. The molecule has 0 bridgehead atoms. The molecule has 0 aromatic heterocycles. The topological polar surface area (TPSA) is 63.3 Å². The Morgan fingerprint density at radius 1 is 1.20 bits per heavy atom. The lowest BCUT2D eigenvalue weighted by atomic mass is 9.94. The van der Waals surface area contributed by atoms with Crippen LogP contribution in [0.5, 0.6) is 0 Å². The van der Waals surface area contributed by atoms with Gasteiger partial charge in [0.25, 0.3) is 0 Å². The summed E-state index contributed by atoms with van der Waals surface area (Å²) in [7, 11) is 0. The van der Waals surface area contributed by atoms with E-state index in [2.05, 4.69) is 34.6 Å². The van der Waals surface area contributed by atoms with Gasteiger partial charge in [-0.05, 0) is 30.7 Å². The van der Waals surface area contributed by atoms with Gasteiger partial charge in [0.1, 0.15) is 0 Å². The predicted octanol–water partition coefficient (Wildman–Crippen LogP) is 2.74. The average Bonchev–Trinajstić information content (AvgIpc) is 2.00. The van der Waals surface area contributed by atoms with Crippen LogP contribution in [0.2, 0.25) is 0 Å². The number of rotatable bonds is 5. The largest absolute Gasteiger partial charge is 0.481 e. The van der Waals surface area contributed by atoms with Gasteiger partial charge in [-0.1, -0.05) is 34.6 Å². The summed E-state index contributed by atoms with van der Waals surface area (Å²) in [6.07, 6.45) is 1.11. The fourth-order valence-corrected chi connectivity index (χ4v) is 1.18. The minimum absolute atomic E-state index is 0.146. The highest BCUT2D eigenvalue weighted by atomic mass is 16.4. The van der Waals surface area contributed by atoms with Crippen molar-refractivity contribution in [3.8, 4) is 0 Å². The second kappa shape index (κ2) is 9.97. The summed E-state index contributed by atoms with van der Waals surface area (Å²) in [6, 6.07) is 0. The predicted molar refractivity (Wildman–Crippen MR) is 64.8 cm³/mol. The molecule has 0 aliphatic rings. The molecular formula is C12H27NO2. The molecule has 3 nitrogen and oxygen atoms in total. The molecule has 0 rings (SSSR count). The van der Waals surface area contributed by atoms with Crippen molar-refractivity contribution in [2.75, 3.05) is 6.54 Å². The van der Waals surface area contributed by atoms with Gasteiger partial charge in [0, 0.05) is 6.42 Å². The molecule has 0 radical (unpaired) electrons. The fourth-order valence-electron chi connectivity index (χ4n) is 1.18. The van der Waals surface area contributed by atoms with Gasteiger partial charge in [0.15, 0.2) is 0 Å². The van der Waals surface area contributed by atoms with Gasteiger partial charge in [-0.3, -0.25) is 4.79 Å². The monoisotopic (exact) mass is 217 g/mol. The smallest absolute Gasteiger partial charge is 0.303 e. The van der Waals surface area contributed by atoms with Crippen LogP contribution in [-0.4, -0.2) is 17.6 Å². The van der Waals surface area contributed by atoms with Crippen molar-refractivity contribution < 1.29 is 9.90 Å². The van der Waals surface area contributed by atoms with Crippen molar-refractivity contribution in [2.24, 2.45) is 23.5 Å². The zero-order chi connectivity index (χ0) is 12.4. The normalized spacial score (nSPS) is 12.3. The Labute approximate surface area is 94.1 Å². The summed E-state index contributed by atoms with van der Waals surface area (Å²) in [5.74, 6) is 0.761. The van der Waals surface area contributed by atoms with Crippen molar-refractivity contribution in [1.29, 1.82) is 0 Å². The molecule has 0 spiro atoms. The first-order chi connectivity index (χ1) is 6.79. The van der Waals surface area contributed by atoms with E-state index >= 15 is 0 Å². The number of aliphatic carboxylic acids is 1. The van der Waals surface area contributed by atoms with E-state index < -0.39 is 5.97 Å². The highest BCUT2D eigenvalue weighted by molar-refractivity contribution is 5.67. The van der Waals surface area contributed by atoms with Crippen molar-refractivity contribution in [3.63, 3.8) is 0 Å². The van der Waals surface area contributed by atoms with Gasteiger partial charge < -0.3 is 10.8 Å². The Morgan fingerprint density at radius 2 is 1.60 bits per heavy atom. The maximum absolute atomic E-state index is 10.3. The molecule has 0 aromatic rings. The van der Waals surface area contributed by atoms with Crippen molar-refractivity contribution in [2.45, 2.75) is 47.5 Å². The van der Waals surface area contributed by atoms with Crippen LogP contribution in [0, 0.1) is 17.8 Å². The number of hydrogen-bond acceptors (Lipinski definition) is 2. The molecule has 1 unspecified atom stereocenters. The van der Waals surface area contributed by atoms with E-state index in [1.165, 1.54) is 0 Å². The molecule has 3 N–H and O–H groups in total. The van der Waals surface area contributed by atoms with E-state index in [0.717, 1.165) is 12.3 Å². The maximum Gasteiger partial charge on any atom is 0.303 e. The van der Waals surface area contributed by atoms with Gasteiger partial charge in [-0.25, -0.2) is 0 Å². The highest BCUT2D eigenvalue weighted by Crippen LogP contribution is 2.13. The van der Waals surface area contributed by atoms with E-state index in [1.54, 1.807) is 0 Å². The number of carboxylic acids is 1. The molecule has 0 fully saturated rings. The van der Waals surface area contributed by atoms with Gasteiger partial charge in [0.2, 0.25) is 0 Å². The van der Waals surface area contributed by atoms with Crippen molar-refractivity contribution in [3.05, 3.63) is 0 Å². The zero-order valence-corrected chi connectivity index (χ0v) is 10.8. The van der Waals surface area contributed by atoms with Crippen molar-refractivity contribution >= 4 is 5.97 Å². The van der Waals surface area contributed by atoms with Crippen LogP contribution in [0.3, 0.4) is 0 Å². The third-order valence-corrected chi connectivity index (χ3v) is 1.60. The van der Waals surface area contributed by atoms with E-state index in [9.17, 15) is 4.79 Å². The third kappa shape index (κ3) is 19.7. The van der Waals surface area contributed by atoms with Crippen LogP contribution >= 0.6 is 0 Å². The maximum atomic E-state index is 10.3. The van der Waals surface area contributed by atoms with Gasteiger partial charge in [-0.15, -0.1) is 0 Å². The molecule has 92 valence electrons. The highest BCUT2D eigenvalue weighted by Gasteiger charge is 2.12. The van der Waals surface area contributed by atoms with Crippen LogP contribution in [0.4, 0.5) is 0 Å². The summed E-state index contributed by atoms with van der Waals surface area (Å²) in [5.41, 5.74) is 5.41. The van der Waals surface area contributed by atoms with Crippen molar-refractivity contribution in [1.82, 2.24) is 0 Å². The molecule has 0 aromatic carbocycles. The quantitative estimate of drug-likeness (QED) is 0.744. The zero-order valence-electron chi connectivity index (χ0n) is 10.8. The van der Waals surface area contributed by atoms with E-state index in [0.29, 0.717) is 12.5 Å². The molecule has 3 heteroatoms. The lowest BCUT2D eigenvalue weighted by molar-refractivity contribution is -0.138. The van der Waals surface area contributed by atoms with E-state index in [4.69, 9.17) is 10.8 Å². The summed E-state index contributed by atoms with van der Waals surface area (Å²) >= 11 is 0. The van der Waals surface area contributed by atoms with Crippen LogP contribution in [0.25, 0.3) is 0 Å². The number of carbonyl (C=O) groups is 1. The summed E-state index contributed by atoms with van der Waals surface area (Å²) in [5, 5.41) is 8.47. The molecule has 15 heavy (non-hydrogen) atoms. The summed E-state index contributed by atoms with van der Waals surface area (Å²) in [6.45, 7) is 11.1. The Bertz CT molecular complexity index is 153. The molecule has 0 aliphatic carbocycles. The summed E-state index contributed by atoms with van der Waals surface area (Å²) in [4.78, 5) is 10.3. The van der Waals surface area contributed by atoms with Crippen LogP contribution < -0.4 is 5.73 Å². The summed E-state index contributed by atoms with van der Waals surface area (Å²) < 4.78 is 0. The van der Waals surface area contributed by atoms with Gasteiger partial charge in [-0.2, -0.15) is 0 Å². The Kier molecular flexibility index (Phi) is 11.2. The molecule has 0 aliphatic heterocycles. The molecule has 1 atom stereocenters. The van der Waals surface area contributed by atoms with Gasteiger partial charge >= 0.3 is 5.97 Å². The fraction of sp³-hybridized carbons (Fsp3) is 0.917.